The van der Waals surface area contributed by atoms with Gasteiger partial charge in [0, 0.05) is 36.1 Å². The molecule has 0 aromatic heterocycles. The monoisotopic (exact) mass is 398 g/mol. The second kappa shape index (κ2) is 7.98. The standard InChI is InChI=1S/C17H22N2O5S2/c1-12-11-25-15-3-2-13(10-14(15)18-17(12)21)26(22,23)9-4-16(20)19-5-7-24-8-6-19/h2-3,10,12H,4-9,11H2,1H3,(H,18,21)/t12-/m1/s1. The molecule has 0 unspecified atom stereocenters. The highest BCUT2D eigenvalue weighted by Crippen LogP contribution is 2.34. The Kier molecular flexibility index (Phi) is 5.89. The van der Waals surface area contributed by atoms with E-state index < -0.39 is 9.84 Å². The van der Waals surface area contributed by atoms with Gasteiger partial charge in [-0.1, -0.05) is 6.92 Å². The Morgan fingerprint density at radius 3 is 2.81 bits per heavy atom. The number of nitrogens with one attached hydrogen (secondary N) is 1. The molecule has 26 heavy (non-hydrogen) atoms. The molecule has 1 aromatic rings. The van der Waals surface area contributed by atoms with Gasteiger partial charge in [0.05, 0.1) is 29.5 Å². The van der Waals surface area contributed by atoms with Gasteiger partial charge >= 0.3 is 0 Å². The third kappa shape index (κ3) is 4.39. The Morgan fingerprint density at radius 2 is 2.08 bits per heavy atom. The summed E-state index contributed by atoms with van der Waals surface area (Å²) >= 11 is 1.53. The molecule has 0 bridgehead atoms. The molecule has 1 fully saturated rings. The minimum atomic E-state index is -3.61. The van der Waals surface area contributed by atoms with Crippen LogP contribution in [0.5, 0.6) is 0 Å². The predicted molar refractivity (Wildman–Crippen MR) is 99.0 cm³/mol. The van der Waals surface area contributed by atoms with Gasteiger partial charge in [-0.2, -0.15) is 0 Å². The molecule has 3 rings (SSSR count). The van der Waals surface area contributed by atoms with Crippen molar-refractivity contribution < 1.29 is 22.7 Å². The Bertz CT molecular complexity index is 803. The van der Waals surface area contributed by atoms with Crippen LogP contribution in [0.1, 0.15) is 13.3 Å². The number of thioether (sulfide) groups is 1. The van der Waals surface area contributed by atoms with E-state index in [-0.39, 0.29) is 34.8 Å². The van der Waals surface area contributed by atoms with Gasteiger partial charge in [-0.15, -0.1) is 11.8 Å². The van der Waals surface area contributed by atoms with Gasteiger partial charge in [-0.3, -0.25) is 9.59 Å². The first kappa shape index (κ1) is 19.2. The van der Waals surface area contributed by atoms with E-state index in [1.54, 1.807) is 17.0 Å². The SMILES string of the molecule is C[C@@H]1CSc2ccc(S(=O)(=O)CCC(=O)N3CCOCC3)cc2NC1=O. The van der Waals surface area contributed by atoms with Crippen LogP contribution in [0.25, 0.3) is 0 Å². The summed E-state index contributed by atoms with van der Waals surface area (Å²) in [6.07, 6.45) is -0.0580. The zero-order valence-electron chi connectivity index (χ0n) is 14.6. The number of hydrogen-bond donors (Lipinski definition) is 1. The van der Waals surface area contributed by atoms with Crippen LogP contribution < -0.4 is 5.32 Å². The summed E-state index contributed by atoms with van der Waals surface area (Å²) in [5.41, 5.74) is 0.518. The van der Waals surface area contributed by atoms with Crippen molar-refractivity contribution in [3.05, 3.63) is 18.2 Å². The van der Waals surface area contributed by atoms with Crippen molar-refractivity contribution in [2.45, 2.75) is 23.1 Å². The van der Waals surface area contributed by atoms with E-state index in [0.717, 1.165) is 4.90 Å². The van der Waals surface area contributed by atoms with Gasteiger partial charge in [0.1, 0.15) is 0 Å². The van der Waals surface area contributed by atoms with Crippen LogP contribution in [0.15, 0.2) is 28.0 Å². The molecule has 2 heterocycles. The van der Waals surface area contributed by atoms with Crippen LogP contribution >= 0.6 is 11.8 Å². The molecule has 9 heteroatoms. The fraction of sp³-hybridized carbons (Fsp3) is 0.529. The van der Waals surface area contributed by atoms with Crippen molar-refractivity contribution in [3.63, 3.8) is 0 Å². The molecule has 0 spiro atoms. The maximum absolute atomic E-state index is 12.6. The molecule has 1 N–H and O–H groups in total. The molecule has 1 saturated heterocycles. The van der Waals surface area contributed by atoms with E-state index in [2.05, 4.69) is 5.32 Å². The number of morpholine rings is 1. The van der Waals surface area contributed by atoms with E-state index >= 15 is 0 Å². The summed E-state index contributed by atoms with van der Waals surface area (Å²) < 4.78 is 30.4. The summed E-state index contributed by atoms with van der Waals surface area (Å²) in [6.45, 7) is 3.81. The molecule has 2 aliphatic rings. The smallest absolute Gasteiger partial charge is 0.228 e. The fourth-order valence-corrected chi connectivity index (χ4v) is 5.05. The molecule has 7 nitrogen and oxygen atoms in total. The Labute approximate surface area is 157 Å². The highest BCUT2D eigenvalue weighted by atomic mass is 32.2. The number of carbonyl (C=O) groups excluding carboxylic acids is 2. The van der Waals surface area contributed by atoms with Crippen molar-refractivity contribution in [1.29, 1.82) is 0 Å². The average Bonchev–Trinajstić information content (AvgIpc) is 2.78. The molecule has 0 aliphatic carbocycles. The number of nitrogens with zero attached hydrogens (tertiary/aromatic N) is 1. The van der Waals surface area contributed by atoms with Gasteiger partial charge < -0.3 is 15.0 Å². The average molecular weight is 399 g/mol. The van der Waals surface area contributed by atoms with Crippen LogP contribution in [0.2, 0.25) is 0 Å². The zero-order chi connectivity index (χ0) is 18.7. The van der Waals surface area contributed by atoms with Crippen LogP contribution in [-0.4, -0.2) is 62.9 Å². The lowest BCUT2D eigenvalue weighted by molar-refractivity contribution is -0.134. The number of benzene rings is 1. The topological polar surface area (TPSA) is 92.8 Å². The first-order valence-corrected chi connectivity index (χ1v) is 11.2. The molecule has 0 saturated carbocycles. The summed E-state index contributed by atoms with van der Waals surface area (Å²) in [7, 11) is -3.61. The first-order valence-electron chi connectivity index (χ1n) is 8.53. The number of hydrogen-bond acceptors (Lipinski definition) is 6. The second-order valence-electron chi connectivity index (χ2n) is 6.42. The fourth-order valence-electron chi connectivity index (χ4n) is 2.78. The quantitative estimate of drug-likeness (QED) is 0.824. The molecule has 2 aliphatic heterocycles. The van der Waals surface area contributed by atoms with Gasteiger partial charge in [0.15, 0.2) is 9.84 Å². The summed E-state index contributed by atoms with van der Waals surface area (Å²) in [4.78, 5) is 26.8. The lowest BCUT2D eigenvalue weighted by Crippen LogP contribution is -2.41. The van der Waals surface area contributed by atoms with Gasteiger partial charge in [-0.05, 0) is 18.2 Å². The Balaban J connectivity index is 1.70. The van der Waals surface area contributed by atoms with E-state index in [4.69, 9.17) is 4.74 Å². The van der Waals surface area contributed by atoms with Gasteiger partial charge in [0.25, 0.3) is 0 Å². The van der Waals surface area contributed by atoms with Crippen molar-refractivity contribution in [1.82, 2.24) is 4.90 Å². The second-order valence-corrected chi connectivity index (χ2v) is 9.59. The van der Waals surface area contributed by atoms with E-state index in [1.165, 1.54) is 17.8 Å². The van der Waals surface area contributed by atoms with Crippen LogP contribution in [0.4, 0.5) is 5.69 Å². The first-order chi connectivity index (χ1) is 12.4. The number of ether oxygens (including phenoxy) is 1. The number of rotatable bonds is 4. The third-order valence-electron chi connectivity index (χ3n) is 4.45. The van der Waals surface area contributed by atoms with Crippen molar-refractivity contribution in [3.8, 4) is 0 Å². The highest BCUT2D eigenvalue weighted by molar-refractivity contribution is 7.99. The maximum atomic E-state index is 12.6. The van der Waals surface area contributed by atoms with Crippen LogP contribution in [-0.2, 0) is 24.2 Å². The molecule has 1 atom stereocenters. The number of sulfone groups is 1. The molecule has 0 radical (unpaired) electrons. The lowest BCUT2D eigenvalue weighted by atomic mass is 10.2. The van der Waals surface area contributed by atoms with Crippen LogP contribution in [0, 0.1) is 5.92 Å². The number of fused-ring (bicyclic) bond motifs is 1. The molecular formula is C17H22N2O5S2. The normalized spacial score (nSPS) is 20.9. The minimum Gasteiger partial charge on any atom is -0.378 e. The largest absolute Gasteiger partial charge is 0.378 e. The lowest BCUT2D eigenvalue weighted by Gasteiger charge is -2.26. The van der Waals surface area contributed by atoms with Crippen molar-refractivity contribution in [2.24, 2.45) is 5.92 Å². The maximum Gasteiger partial charge on any atom is 0.228 e. The van der Waals surface area contributed by atoms with Crippen molar-refractivity contribution >= 4 is 39.1 Å². The van der Waals surface area contributed by atoms with Crippen LogP contribution in [0.3, 0.4) is 0 Å². The minimum absolute atomic E-state index is 0.0580. The predicted octanol–water partition coefficient (Wildman–Crippen LogP) is 1.39. The summed E-state index contributed by atoms with van der Waals surface area (Å²) in [6, 6.07) is 4.75. The van der Waals surface area contributed by atoms with E-state index in [0.29, 0.717) is 37.7 Å². The van der Waals surface area contributed by atoms with Gasteiger partial charge in [0.2, 0.25) is 11.8 Å². The summed E-state index contributed by atoms with van der Waals surface area (Å²) in [5, 5.41) is 2.79. The Morgan fingerprint density at radius 1 is 1.35 bits per heavy atom. The molecular weight excluding hydrogens is 376 g/mol. The summed E-state index contributed by atoms with van der Waals surface area (Å²) in [5.74, 6) is -0.0328. The van der Waals surface area contributed by atoms with Crippen molar-refractivity contribution in [2.75, 3.05) is 43.1 Å². The van der Waals surface area contributed by atoms with E-state index in [9.17, 15) is 18.0 Å². The Hall–Kier alpha value is -1.58. The molecule has 142 valence electrons. The number of amides is 2. The highest BCUT2D eigenvalue weighted by Gasteiger charge is 2.24. The van der Waals surface area contributed by atoms with E-state index in [1.807, 2.05) is 6.92 Å². The molecule has 1 aromatic carbocycles. The number of anilines is 1. The third-order valence-corrected chi connectivity index (χ3v) is 7.50. The van der Waals surface area contributed by atoms with Gasteiger partial charge in [-0.25, -0.2) is 8.42 Å². The zero-order valence-corrected chi connectivity index (χ0v) is 16.2. The number of carbonyl (C=O) groups is 2. The molecule has 2 amide bonds.